The van der Waals surface area contributed by atoms with Crippen LogP contribution in [0.1, 0.15) is 48.7 Å². The molecule has 28 heavy (non-hydrogen) atoms. The summed E-state index contributed by atoms with van der Waals surface area (Å²) in [5.74, 6) is 0.981. The van der Waals surface area contributed by atoms with E-state index in [1.54, 1.807) is 6.07 Å². The number of ether oxygens (including phenoxy) is 2. The number of amides is 1. The van der Waals surface area contributed by atoms with Gasteiger partial charge in [-0.15, -0.1) is 0 Å². The van der Waals surface area contributed by atoms with Crippen LogP contribution in [0.25, 0.3) is 0 Å². The van der Waals surface area contributed by atoms with Crippen molar-refractivity contribution in [3.8, 4) is 0 Å². The Morgan fingerprint density at radius 3 is 2.86 bits per heavy atom. The minimum absolute atomic E-state index is 0.181. The van der Waals surface area contributed by atoms with Crippen molar-refractivity contribution in [1.29, 1.82) is 0 Å². The Labute approximate surface area is 167 Å². The van der Waals surface area contributed by atoms with Crippen LogP contribution in [0.4, 0.5) is 0 Å². The third-order valence-corrected chi connectivity index (χ3v) is 4.39. The quantitative estimate of drug-likeness (QED) is 0.284. The summed E-state index contributed by atoms with van der Waals surface area (Å²) in [6.45, 7) is 8.94. The monoisotopic (exact) mass is 394 g/mol. The Balaban J connectivity index is 1.54. The molecule has 0 bridgehead atoms. The van der Waals surface area contributed by atoms with Crippen LogP contribution in [0.2, 0.25) is 0 Å². The number of furan rings is 1. The van der Waals surface area contributed by atoms with Gasteiger partial charge in [0.1, 0.15) is 0 Å². The lowest BCUT2D eigenvalue weighted by Gasteiger charge is -2.12. The predicted octanol–water partition coefficient (Wildman–Crippen LogP) is 1.85. The molecule has 1 aromatic heterocycles. The lowest BCUT2D eigenvalue weighted by atomic mass is 10.2. The van der Waals surface area contributed by atoms with E-state index >= 15 is 0 Å². The van der Waals surface area contributed by atoms with Crippen molar-refractivity contribution in [3.05, 3.63) is 23.7 Å². The summed E-state index contributed by atoms with van der Waals surface area (Å²) in [6, 6.07) is 1.78. The van der Waals surface area contributed by atoms with Crippen LogP contribution in [-0.4, -0.2) is 64.0 Å². The first-order valence-electron chi connectivity index (χ1n) is 10.2. The largest absolute Gasteiger partial charge is 0.459 e. The first kappa shape index (κ1) is 22.2. The lowest BCUT2D eigenvalue weighted by Crippen LogP contribution is -2.38. The molecular formula is C20H34N4O4. The summed E-state index contributed by atoms with van der Waals surface area (Å²) >= 11 is 0. The van der Waals surface area contributed by atoms with Crippen molar-refractivity contribution in [2.24, 2.45) is 4.99 Å². The second kappa shape index (κ2) is 13.2. The molecule has 158 valence electrons. The van der Waals surface area contributed by atoms with Gasteiger partial charge in [0.25, 0.3) is 5.91 Å². The van der Waals surface area contributed by atoms with E-state index in [-0.39, 0.29) is 12.0 Å². The van der Waals surface area contributed by atoms with Crippen molar-refractivity contribution >= 4 is 11.9 Å². The number of carbonyl (C=O) groups is 1. The molecule has 0 radical (unpaired) electrons. The summed E-state index contributed by atoms with van der Waals surface area (Å²) in [7, 11) is 0. The molecule has 0 aliphatic carbocycles. The molecule has 0 saturated carbocycles. The molecule has 1 amide bonds. The zero-order valence-electron chi connectivity index (χ0n) is 17.1. The summed E-state index contributed by atoms with van der Waals surface area (Å²) in [5.41, 5.74) is 0.842. The Hall–Kier alpha value is -2.06. The van der Waals surface area contributed by atoms with Crippen LogP contribution >= 0.6 is 0 Å². The average molecular weight is 395 g/mol. The van der Waals surface area contributed by atoms with Crippen molar-refractivity contribution in [3.63, 3.8) is 0 Å². The number of hydrogen-bond acceptors (Lipinski definition) is 5. The normalized spacial score (nSPS) is 16.9. The Bertz CT molecular complexity index is 597. The fourth-order valence-electron chi connectivity index (χ4n) is 2.87. The topological polar surface area (TPSA) is 97.1 Å². The smallest absolute Gasteiger partial charge is 0.287 e. The van der Waals surface area contributed by atoms with Crippen LogP contribution in [0.5, 0.6) is 0 Å². The highest BCUT2D eigenvalue weighted by atomic mass is 16.5. The summed E-state index contributed by atoms with van der Waals surface area (Å²) in [6.07, 6.45) is 5.73. The molecule has 1 atom stereocenters. The van der Waals surface area contributed by atoms with Gasteiger partial charge < -0.3 is 29.8 Å². The minimum Gasteiger partial charge on any atom is -0.459 e. The Kier molecular flexibility index (Phi) is 10.5. The van der Waals surface area contributed by atoms with Gasteiger partial charge in [0.15, 0.2) is 11.7 Å². The van der Waals surface area contributed by atoms with Gasteiger partial charge >= 0.3 is 0 Å². The summed E-state index contributed by atoms with van der Waals surface area (Å²) in [5, 5.41) is 9.38. The van der Waals surface area contributed by atoms with Gasteiger partial charge in [-0.1, -0.05) is 0 Å². The second-order valence-corrected chi connectivity index (χ2v) is 6.79. The number of nitrogens with zero attached hydrogens (tertiary/aromatic N) is 1. The van der Waals surface area contributed by atoms with Crippen molar-refractivity contribution in [1.82, 2.24) is 16.0 Å². The highest BCUT2D eigenvalue weighted by molar-refractivity contribution is 5.92. The third-order valence-electron chi connectivity index (χ3n) is 4.39. The van der Waals surface area contributed by atoms with Crippen LogP contribution in [0, 0.1) is 6.92 Å². The van der Waals surface area contributed by atoms with E-state index in [0.29, 0.717) is 32.1 Å². The first-order valence-corrected chi connectivity index (χ1v) is 10.2. The second-order valence-electron chi connectivity index (χ2n) is 6.79. The van der Waals surface area contributed by atoms with E-state index in [4.69, 9.17) is 13.9 Å². The van der Waals surface area contributed by atoms with Gasteiger partial charge in [0.2, 0.25) is 0 Å². The number of rotatable bonds is 12. The molecule has 8 heteroatoms. The van der Waals surface area contributed by atoms with Crippen LogP contribution < -0.4 is 16.0 Å². The average Bonchev–Trinajstić information content (AvgIpc) is 3.35. The maximum Gasteiger partial charge on any atom is 0.287 e. The number of nitrogens with one attached hydrogen (secondary N) is 3. The van der Waals surface area contributed by atoms with Crippen LogP contribution in [0.3, 0.4) is 0 Å². The van der Waals surface area contributed by atoms with E-state index in [9.17, 15) is 4.79 Å². The zero-order chi connectivity index (χ0) is 20.0. The molecule has 2 rings (SSSR count). The fraction of sp³-hybridized carbons (Fsp3) is 0.700. The standard InChI is InChI=1S/C20H34N4O4/c1-3-21-20(24-11-6-12-26-15-17-7-4-13-27-17)23-10-5-9-22-19(25)18-16(2)8-14-28-18/h8,14,17H,3-7,9-13,15H2,1-2H3,(H,22,25)(H2,21,23,24). The van der Waals surface area contributed by atoms with Crippen LogP contribution in [0.15, 0.2) is 21.7 Å². The van der Waals surface area contributed by atoms with E-state index in [0.717, 1.165) is 56.9 Å². The van der Waals surface area contributed by atoms with E-state index in [1.165, 1.54) is 6.26 Å². The highest BCUT2D eigenvalue weighted by Crippen LogP contribution is 2.11. The number of carbonyl (C=O) groups excluding carboxylic acids is 1. The SMILES string of the molecule is CCNC(=NCCCNC(=O)c1occc1C)NCCCOCC1CCCO1. The molecule has 1 aromatic rings. The van der Waals surface area contributed by atoms with Gasteiger partial charge in [-0.2, -0.15) is 0 Å². The Morgan fingerprint density at radius 1 is 1.29 bits per heavy atom. The molecule has 8 nitrogen and oxygen atoms in total. The molecule has 2 heterocycles. The zero-order valence-corrected chi connectivity index (χ0v) is 17.1. The van der Waals surface area contributed by atoms with E-state index in [2.05, 4.69) is 20.9 Å². The number of hydrogen-bond donors (Lipinski definition) is 3. The van der Waals surface area contributed by atoms with Gasteiger partial charge in [0, 0.05) is 45.0 Å². The molecule has 1 unspecified atom stereocenters. The van der Waals surface area contributed by atoms with Gasteiger partial charge in [-0.3, -0.25) is 9.79 Å². The van der Waals surface area contributed by atoms with E-state index in [1.807, 2.05) is 13.8 Å². The molecule has 1 fully saturated rings. The molecule has 1 aliphatic rings. The maximum absolute atomic E-state index is 12.0. The van der Waals surface area contributed by atoms with Crippen molar-refractivity contribution < 1.29 is 18.7 Å². The molecule has 0 aromatic carbocycles. The Morgan fingerprint density at radius 2 is 2.14 bits per heavy atom. The number of guanidine groups is 1. The van der Waals surface area contributed by atoms with Crippen LogP contribution in [-0.2, 0) is 9.47 Å². The molecule has 1 saturated heterocycles. The lowest BCUT2D eigenvalue weighted by molar-refractivity contribution is 0.0168. The summed E-state index contributed by atoms with van der Waals surface area (Å²) in [4.78, 5) is 16.5. The van der Waals surface area contributed by atoms with Gasteiger partial charge in [0.05, 0.1) is 19.0 Å². The van der Waals surface area contributed by atoms with Gasteiger partial charge in [-0.05, 0) is 45.6 Å². The third kappa shape index (κ3) is 8.31. The van der Waals surface area contributed by atoms with Gasteiger partial charge in [-0.25, -0.2) is 0 Å². The highest BCUT2D eigenvalue weighted by Gasteiger charge is 2.15. The first-order chi connectivity index (χ1) is 13.7. The molecular weight excluding hydrogens is 360 g/mol. The number of aryl methyl sites for hydroxylation is 1. The maximum atomic E-state index is 12.0. The molecule has 3 N–H and O–H groups in total. The number of aliphatic imine (C=N–C) groups is 1. The minimum atomic E-state index is -0.181. The molecule has 1 aliphatic heterocycles. The van der Waals surface area contributed by atoms with E-state index < -0.39 is 0 Å². The summed E-state index contributed by atoms with van der Waals surface area (Å²) < 4.78 is 16.4. The fourth-order valence-corrected chi connectivity index (χ4v) is 2.87. The predicted molar refractivity (Wildman–Crippen MR) is 109 cm³/mol. The molecule has 0 spiro atoms. The van der Waals surface area contributed by atoms with Crippen molar-refractivity contribution in [2.45, 2.75) is 45.6 Å². The van der Waals surface area contributed by atoms with Crippen molar-refractivity contribution in [2.75, 3.05) is 46.0 Å².